The van der Waals surface area contributed by atoms with Crippen LogP contribution in [0, 0.1) is 0 Å². The zero-order valence-electron chi connectivity index (χ0n) is 8.94. The van der Waals surface area contributed by atoms with Crippen LogP contribution in [0.1, 0.15) is 20.3 Å². The molecular formula is C7H23NSi3. The van der Waals surface area contributed by atoms with E-state index in [1.165, 1.54) is 16.2 Å². The second-order valence-corrected chi connectivity index (χ2v) is 13.0. The summed E-state index contributed by atoms with van der Waals surface area (Å²) in [7, 11) is 0.713. The average molecular weight is 206 g/mol. The molecule has 0 spiro atoms. The summed E-state index contributed by atoms with van der Waals surface area (Å²) in [5, 5.41) is 0. The molecule has 1 nitrogen and oxygen atoms in total. The topological polar surface area (TPSA) is 3.24 Å². The van der Waals surface area contributed by atoms with Crippen molar-refractivity contribution < 1.29 is 0 Å². The molecule has 0 aliphatic rings. The third kappa shape index (κ3) is 3.69. The van der Waals surface area contributed by atoms with Crippen LogP contribution in [0.2, 0.25) is 19.6 Å². The van der Waals surface area contributed by atoms with Crippen LogP contribution >= 0.6 is 0 Å². The largest absolute Gasteiger partial charge is 0.351 e. The smallest absolute Gasteiger partial charge is 0.112 e. The van der Waals surface area contributed by atoms with Crippen LogP contribution in [0.25, 0.3) is 0 Å². The number of hydrogen-bond donors (Lipinski definition) is 0. The molecule has 68 valence electrons. The Morgan fingerprint density at radius 1 is 1.45 bits per heavy atom. The molecule has 0 N–H and O–H groups in total. The first-order chi connectivity index (χ1) is 4.93. The van der Waals surface area contributed by atoms with E-state index in [2.05, 4.69) is 37.7 Å². The summed E-state index contributed by atoms with van der Waals surface area (Å²) in [6.07, 6.45) is 1.33. The molecule has 0 aliphatic heterocycles. The van der Waals surface area contributed by atoms with Crippen molar-refractivity contribution in [1.82, 2.24) is 4.23 Å². The Morgan fingerprint density at radius 2 is 1.91 bits per heavy atom. The highest BCUT2D eigenvalue weighted by molar-refractivity contribution is 6.95. The van der Waals surface area contributed by atoms with E-state index >= 15 is 0 Å². The highest BCUT2D eigenvalue weighted by Crippen LogP contribution is 2.13. The molecule has 0 amide bonds. The third-order valence-corrected chi connectivity index (χ3v) is 13.5. The van der Waals surface area contributed by atoms with Gasteiger partial charge in [0.15, 0.2) is 0 Å². The van der Waals surface area contributed by atoms with Gasteiger partial charge in [-0.15, -0.1) is 0 Å². The van der Waals surface area contributed by atoms with Crippen LogP contribution in [0.15, 0.2) is 0 Å². The highest BCUT2D eigenvalue weighted by atomic mass is 29.1. The van der Waals surface area contributed by atoms with E-state index in [-0.39, 0.29) is 9.20 Å². The van der Waals surface area contributed by atoms with Crippen molar-refractivity contribution in [2.24, 2.45) is 0 Å². The maximum atomic E-state index is 2.87. The van der Waals surface area contributed by atoms with Gasteiger partial charge < -0.3 is 4.23 Å². The molecule has 0 aromatic rings. The second-order valence-electron chi connectivity index (χ2n) is 4.21. The minimum absolute atomic E-state index is 0.199. The fourth-order valence-electron chi connectivity index (χ4n) is 1.67. The molecule has 0 aromatic carbocycles. The summed E-state index contributed by atoms with van der Waals surface area (Å²) in [6.45, 7) is 12.1. The van der Waals surface area contributed by atoms with Crippen molar-refractivity contribution in [1.29, 1.82) is 0 Å². The van der Waals surface area contributed by atoms with E-state index in [9.17, 15) is 0 Å². The van der Waals surface area contributed by atoms with E-state index in [4.69, 9.17) is 0 Å². The lowest BCUT2D eigenvalue weighted by Crippen LogP contribution is -2.53. The molecule has 4 heteroatoms. The van der Waals surface area contributed by atoms with Gasteiger partial charge in [-0.1, -0.05) is 33.5 Å². The predicted octanol–water partition coefficient (Wildman–Crippen LogP) is 0.286. The van der Waals surface area contributed by atoms with Crippen LogP contribution in [0.5, 0.6) is 0 Å². The van der Waals surface area contributed by atoms with Crippen LogP contribution < -0.4 is 0 Å². The average Bonchev–Trinajstić information content (AvgIpc) is 1.86. The lowest BCUT2D eigenvalue weighted by atomic mass is 10.3. The Balaban J connectivity index is 4.16. The lowest BCUT2D eigenvalue weighted by molar-refractivity contribution is 0.481. The zero-order chi connectivity index (χ0) is 9.07. The number of hydrogen-bond acceptors (Lipinski definition) is 1. The van der Waals surface area contributed by atoms with E-state index in [1.807, 2.05) is 0 Å². The van der Waals surface area contributed by atoms with E-state index in [0.717, 1.165) is 6.04 Å². The Labute approximate surface area is 77.8 Å². The summed E-state index contributed by atoms with van der Waals surface area (Å²) in [5.41, 5.74) is 0. The van der Waals surface area contributed by atoms with Gasteiger partial charge in [0.25, 0.3) is 0 Å². The molecule has 0 saturated carbocycles. The van der Waals surface area contributed by atoms with Gasteiger partial charge in [-0.25, -0.2) is 0 Å². The maximum Gasteiger partial charge on any atom is 0.112 e. The van der Waals surface area contributed by atoms with E-state index in [0.29, 0.717) is 0 Å². The van der Waals surface area contributed by atoms with Crippen molar-refractivity contribution in [3.63, 3.8) is 0 Å². The fraction of sp³-hybridized carbons (Fsp3) is 1.00. The minimum atomic E-state index is -0.941. The molecule has 0 bridgehead atoms. The lowest BCUT2D eigenvalue weighted by Gasteiger charge is -2.38. The highest BCUT2D eigenvalue weighted by Gasteiger charge is 2.24. The van der Waals surface area contributed by atoms with Gasteiger partial charge in [0.1, 0.15) is 8.24 Å². The predicted molar refractivity (Wildman–Crippen MR) is 63.4 cm³/mol. The standard InChI is InChI=1S/C7H23NSi3/c1-6-7(2)8(10-9)11(3,4)5/h7H,6,10H2,1-5,9H3. The van der Waals surface area contributed by atoms with Gasteiger partial charge >= 0.3 is 0 Å². The Kier molecular flexibility index (Phi) is 4.85. The Hall–Kier alpha value is 0.611. The van der Waals surface area contributed by atoms with Crippen molar-refractivity contribution in [2.45, 2.75) is 46.0 Å². The van der Waals surface area contributed by atoms with Crippen LogP contribution in [-0.2, 0) is 0 Å². The second kappa shape index (κ2) is 4.59. The van der Waals surface area contributed by atoms with Crippen molar-refractivity contribution >= 4 is 27.2 Å². The van der Waals surface area contributed by atoms with Gasteiger partial charge in [0.05, 0.1) is 9.20 Å². The summed E-state index contributed by atoms with van der Waals surface area (Å²) < 4.78 is 2.87. The molecule has 0 aromatic heterocycles. The Morgan fingerprint density at radius 3 is 2.00 bits per heavy atom. The van der Waals surface area contributed by atoms with Crippen molar-refractivity contribution in [3.05, 3.63) is 0 Å². The number of nitrogens with zero attached hydrogens (tertiary/aromatic N) is 1. The van der Waals surface area contributed by atoms with Crippen molar-refractivity contribution in [3.8, 4) is 0 Å². The maximum absolute atomic E-state index is 2.87. The molecule has 0 aliphatic carbocycles. The van der Waals surface area contributed by atoms with Gasteiger partial charge in [0.2, 0.25) is 0 Å². The SMILES string of the molecule is CCC(C)N([SiH2][SiH3])[Si](C)(C)C. The molecule has 1 unspecified atom stereocenters. The first kappa shape index (κ1) is 11.6. The van der Waals surface area contributed by atoms with Crippen LogP contribution in [-0.4, -0.2) is 37.5 Å². The van der Waals surface area contributed by atoms with Gasteiger partial charge in [-0.2, -0.15) is 0 Å². The zero-order valence-corrected chi connectivity index (χ0v) is 13.4. The normalized spacial score (nSPS) is 16.9. The third-order valence-electron chi connectivity index (χ3n) is 2.33. The minimum Gasteiger partial charge on any atom is -0.351 e. The summed E-state index contributed by atoms with van der Waals surface area (Å²) in [6, 6.07) is 0.867. The van der Waals surface area contributed by atoms with Crippen molar-refractivity contribution in [2.75, 3.05) is 0 Å². The molecule has 0 saturated heterocycles. The quantitative estimate of drug-likeness (QED) is 0.596. The fourth-order valence-corrected chi connectivity index (χ4v) is 18.3. The first-order valence-electron chi connectivity index (χ1n) is 4.70. The van der Waals surface area contributed by atoms with Gasteiger partial charge in [-0.3, -0.25) is 0 Å². The Bertz CT molecular complexity index is 111. The first-order valence-corrected chi connectivity index (χ1v) is 14.4. The van der Waals surface area contributed by atoms with E-state index < -0.39 is 8.24 Å². The summed E-state index contributed by atoms with van der Waals surface area (Å²) in [4.78, 5) is 0. The van der Waals surface area contributed by atoms with Crippen LogP contribution in [0.4, 0.5) is 0 Å². The molecular weight excluding hydrogens is 182 g/mol. The summed E-state index contributed by atoms with van der Waals surface area (Å²) in [5.74, 6) is 0. The van der Waals surface area contributed by atoms with Gasteiger partial charge in [0, 0.05) is 9.76 Å². The summed E-state index contributed by atoms with van der Waals surface area (Å²) >= 11 is 0. The van der Waals surface area contributed by atoms with Gasteiger partial charge in [-0.05, 0) is 12.5 Å². The molecule has 0 fully saturated rings. The molecule has 0 rings (SSSR count). The van der Waals surface area contributed by atoms with E-state index in [1.54, 1.807) is 0 Å². The molecule has 11 heavy (non-hydrogen) atoms. The molecule has 1 atom stereocenters. The molecule has 0 radical (unpaired) electrons. The number of rotatable bonds is 4. The molecule has 0 heterocycles. The monoisotopic (exact) mass is 205 g/mol. The van der Waals surface area contributed by atoms with Crippen LogP contribution in [0.3, 0.4) is 0 Å².